The van der Waals surface area contributed by atoms with E-state index in [-0.39, 0.29) is 17.5 Å². The summed E-state index contributed by atoms with van der Waals surface area (Å²) >= 11 is 3.46. The molecule has 1 unspecified atom stereocenters. The van der Waals surface area contributed by atoms with Crippen LogP contribution in [0.15, 0.2) is 29.2 Å². The summed E-state index contributed by atoms with van der Waals surface area (Å²) < 4.78 is 30.6. The van der Waals surface area contributed by atoms with Crippen LogP contribution in [0.1, 0.15) is 20.8 Å². The van der Waals surface area contributed by atoms with Crippen molar-refractivity contribution in [3.63, 3.8) is 0 Å². The quantitative estimate of drug-likeness (QED) is 0.759. The van der Waals surface area contributed by atoms with Crippen LogP contribution in [-0.4, -0.2) is 44.3 Å². The molecule has 0 saturated carbocycles. The minimum Gasteiger partial charge on any atom is -0.368 e. The number of benzene rings is 1. The molecule has 4 nitrogen and oxygen atoms in total. The number of ether oxygens (including phenoxy) is 1. The van der Waals surface area contributed by atoms with Gasteiger partial charge in [-0.15, -0.1) is 0 Å². The van der Waals surface area contributed by atoms with Crippen molar-refractivity contribution >= 4 is 31.5 Å². The van der Waals surface area contributed by atoms with Gasteiger partial charge in [0, 0.05) is 18.4 Å². The molecule has 21 heavy (non-hydrogen) atoms. The summed E-state index contributed by atoms with van der Waals surface area (Å²) in [5, 5.41) is 0.732. The second kappa shape index (κ2) is 6.26. The first-order chi connectivity index (χ1) is 9.79. The number of rotatable bonds is 4. The summed E-state index contributed by atoms with van der Waals surface area (Å²) in [7, 11) is -3.23. The first kappa shape index (κ1) is 16.8. The van der Waals surface area contributed by atoms with E-state index in [0.29, 0.717) is 18.0 Å². The molecule has 1 fully saturated rings. The van der Waals surface area contributed by atoms with Crippen LogP contribution < -0.4 is 4.90 Å². The van der Waals surface area contributed by atoms with Gasteiger partial charge in [-0.1, -0.05) is 35.0 Å². The van der Waals surface area contributed by atoms with Crippen molar-refractivity contribution in [3.8, 4) is 0 Å². The normalized spacial score (nSPS) is 22.3. The maximum Gasteiger partial charge on any atom is 0.180 e. The standard InChI is InChI=1S/C15H22BrNO3S/c1-4-21(18,19)14-8-6-5-7-13(14)17-10-12(9-16)20-15(2,3)11-17/h5-8,12H,4,9-11H2,1-3H3. The number of alkyl halides is 1. The third-order valence-electron chi connectivity index (χ3n) is 3.57. The van der Waals surface area contributed by atoms with Crippen LogP contribution >= 0.6 is 15.9 Å². The number of nitrogens with zero attached hydrogens (tertiary/aromatic N) is 1. The molecular weight excluding hydrogens is 354 g/mol. The van der Waals surface area contributed by atoms with Gasteiger partial charge >= 0.3 is 0 Å². The van der Waals surface area contributed by atoms with Crippen molar-refractivity contribution in [2.24, 2.45) is 0 Å². The maximum atomic E-state index is 12.3. The number of sulfone groups is 1. The van der Waals surface area contributed by atoms with E-state index < -0.39 is 9.84 Å². The van der Waals surface area contributed by atoms with Crippen molar-refractivity contribution in [1.29, 1.82) is 0 Å². The molecule has 0 radical (unpaired) electrons. The molecule has 0 aromatic heterocycles. The lowest BCUT2D eigenvalue weighted by Gasteiger charge is -2.44. The molecule has 0 bridgehead atoms. The number of anilines is 1. The number of morpholine rings is 1. The zero-order valence-electron chi connectivity index (χ0n) is 12.7. The summed E-state index contributed by atoms with van der Waals surface area (Å²) in [6, 6.07) is 7.24. The van der Waals surface area contributed by atoms with E-state index in [1.54, 1.807) is 19.1 Å². The van der Waals surface area contributed by atoms with Crippen LogP contribution in [0.5, 0.6) is 0 Å². The minimum absolute atomic E-state index is 0.0473. The Morgan fingerprint density at radius 2 is 2.05 bits per heavy atom. The van der Waals surface area contributed by atoms with Crippen molar-refractivity contribution in [1.82, 2.24) is 0 Å². The molecule has 0 N–H and O–H groups in total. The van der Waals surface area contributed by atoms with E-state index in [4.69, 9.17) is 4.74 Å². The molecule has 118 valence electrons. The van der Waals surface area contributed by atoms with Gasteiger partial charge in [0.15, 0.2) is 9.84 Å². The Labute approximate surface area is 135 Å². The average molecular weight is 376 g/mol. The van der Waals surface area contributed by atoms with Gasteiger partial charge in [0.1, 0.15) is 0 Å². The molecule has 1 aliphatic rings. The molecule has 1 aromatic rings. The lowest BCUT2D eigenvalue weighted by Crippen LogP contribution is -2.53. The maximum absolute atomic E-state index is 12.3. The van der Waals surface area contributed by atoms with Gasteiger partial charge in [-0.3, -0.25) is 0 Å². The second-order valence-corrected chi connectivity index (χ2v) is 8.80. The van der Waals surface area contributed by atoms with Gasteiger partial charge in [-0.2, -0.15) is 0 Å². The molecule has 1 saturated heterocycles. The Balaban J connectivity index is 2.42. The Kier molecular flexibility index (Phi) is 5.00. The number of hydrogen-bond acceptors (Lipinski definition) is 4. The fourth-order valence-corrected chi connectivity index (χ4v) is 4.15. The van der Waals surface area contributed by atoms with E-state index in [2.05, 4.69) is 20.8 Å². The molecule has 1 aromatic carbocycles. The van der Waals surface area contributed by atoms with E-state index in [1.807, 2.05) is 26.0 Å². The van der Waals surface area contributed by atoms with Gasteiger partial charge < -0.3 is 9.64 Å². The number of halogens is 1. The van der Waals surface area contributed by atoms with Crippen molar-refractivity contribution < 1.29 is 13.2 Å². The first-order valence-electron chi connectivity index (χ1n) is 7.09. The summed E-state index contributed by atoms with van der Waals surface area (Å²) in [5.41, 5.74) is 0.474. The molecule has 0 amide bonds. The van der Waals surface area contributed by atoms with E-state index in [9.17, 15) is 8.42 Å². The lowest BCUT2D eigenvalue weighted by molar-refractivity contribution is -0.0725. The Hall–Kier alpha value is -0.590. The summed E-state index contributed by atoms with van der Waals surface area (Å²) in [5.74, 6) is 0.111. The van der Waals surface area contributed by atoms with Crippen LogP contribution in [0.25, 0.3) is 0 Å². The van der Waals surface area contributed by atoms with Crippen LogP contribution in [0, 0.1) is 0 Å². The van der Waals surface area contributed by atoms with Gasteiger partial charge in [0.05, 0.1) is 28.0 Å². The molecule has 6 heteroatoms. The predicted octanol–water partition coefficient (Wildman–Crippen LogP) is 2.86. The van der Waals surface area contributed by atoms with E-state index in [0.717, 1.165) is 11.0 Å². The van der Waals surface area contributed by atoms with Crippen LogP contribution in [0.2, 0.25) is 0 Å². The zero-order chi connectivity index (χ0) is 15.7. The topological polar surface area (TPSA) is 46.6 Å². The zero-order valence-corrected chi connectivity index (χ0v) is 15.1. The molecule has 2 rings (SSSR count). The Morgan fingerprint density at radius 1 is 1.38 bits per heavy atom. The highest BCUT2D eigenvalue weighted by molar-refractivity contribution is 9.09. The van der Waals surface area contributed by atoms with Crippen LogP contribution in [0.4, 0.5) is 5.69 Å². The molecule has 1 atom stereocenters. The highest BCUT2D eigenvalue weighted by Crippen LogP contribution is 2.31. The number of para-hydroxylation sites is 1. The highest BCUT2D eigenvalue weighted by Gasteiger charge is 2.34. The highest BCUT2D eigenvalue weighted by atomic mass is 79.9. The van der Waals surface area contributed by atoms with Gasteiger partial charge in [-0.05, 0) is 26.0 Å². The molecule has 0 spiro atoms. The fraction of sp³-hybridized carbons (Fsp3) is 0.600. The first-order valence-corrected chi connectivity index (χ1v) is 9.87. The Morgan fingerprint density at radius 3 is 2.67 bits per heavy atom. The average Bonchev–Trinajstić information content (AvgIpc) is 2.45. The monoisotopic (exact) mass is 375 g/mol. The van der Waals surface area contributed by atoms with Crippen molar-refractivity contribution in [3.05, 3.63) is 24.3 Å². The Bertz CT molecular complexity index is 601. The van der Waals surface area contributed by atoms with Crippen molar-refractivity contribution in [2.45, 2.75) is 37.4 Å². The van der Waals surface area contributed by atoms with Gasteiger partial charge in [0.2, 0.25) is 0 Å². The van der Waals surface area contributed by atoms with Crippen molar-refractivity contribution in [2.75, 3.05) is 29.1 Å². The minimum atomic E-state index is -3.23. The fourth-order valence-electron chi connectivity index (χ4n) is 2.70. The lowest BCUT2D eigenvalue weighted by atomic mass is 10.0. The molecule has 1 heterocycles. The van der Waals surface area contributed by atoms with Crippen LogP contribution in [0.3, 0.4) is 0 Å². The van der Waals surface area contributed by atoms with Crippen LogP contribution in [-0.2, 0) is 14.6 Å². The van der Waals surface area contributed by atoms with Gasteiger partial charge in [0.25, 0.3) is 0 Å². The van der Waals surface area contributed by atoms with E-state index in [1.165, 1.54) is 0 Å². The smallest absolute Gasteiger partial charge is 0.180 e. The predicted molar refractivity (Wildman–Crippen MR) is 89.1 cm³/mol. The second-order valence-electron chi connectivity index (χ2n) is 5.91. The SMILES string of the molecule is CCS(=O)(=O)c1ccccc1N1CC(CBr)OC(C)(C)C1. The molecule has 0 aliphatic carbocycles. The molecule has 1 aliphatic heterocycles. The molecular formula is C15H22BrNO3S. The summed E-state index contributed by atoms with van der Waals surface area (Å²) in [4.78, 5) is 2.54. The third kappa shape index (κ3) is 3.79. The van der Waals surface area contributed by atoms with E-state index >= 15 is 0 Å². The third-order valence-corrected chi connectivity index (χ3v) is 6.07. The number of hydrogen-bond donors (Lipinski definition) is 0. The van der Waals surface area contributed by atoms with Gasteiger partial charge in [-0.25, -0.2) is 8.42 Å². The summed E-state index contributed by atoms with van der Waals surface area (Å²) in [6.45, 7) is 7.10. The largest absolute Gasteiger partial charge is 0.368 e. The summed E-state index contributed by atoms with van der Waals surface area (Å²) in [6.07, 6.45) is 0.0473.